The summed E-state index contributed by atoms with van der Waals surface area (Å²) in [4.78, 5) is 38.2. The average Bonchev–Trinajstić information content (AvgIpc) is 1.08. The van der Waals surface area contributed by atoms with E-state index >= 15 is 0 Å². The number of rotatable bonds is 75. The van der Waals surface area contributed by atoms with Gasteiger partial charge in [-0.05, 0) is 109 Å². The van der Waals surface area contributed by atoms with Crippen molar-refractivity contribution in [1.29, 1.82) is 0 Å². The summed E-state index contributed by atoms with van der Waals surface area (Å²) in [5.74, 6) is -0.827. The monoisotopic (exact) mass is 1380 g/mol. The number of quaternary nitrogens is 1. The van der Waals surface area contributed by atoms with Crippen LogP contribution < -0.4 is 4.89 Å². The quantitative estimate of drug-likeness (QED) is 0.0195. The molecule has 0 bridgehead atoms. The zero-order chi connectivity index (χ0) is 71.1. The molecule has 0 amide bonds. The van der Waals surface area contributed by atoms with Gasteiger partial charge in [-0.2, -0.15) is 0 Å². The number of ether oxygens (including phenoxy) is 2. The summed E-state index contributed by atoms with van der Waals surface area (Å²) in [7, 11) is 1.17. The molecule has 0 aromatic heterocycles. The lowest BCUT2D eigenvalue weighted by Crippen LogP contribution is -2.37. The molecule has 0 saturated carbocycles. The standard InChI is InChI=1S/C88H154NO8P/c1-6-8-10-12-14-16-18-20-22-24-26-28-30-32-34-36-38-40-41-42-43-44-45-46-47-49-50-52-54-56-58-60-62-64-66-68-70-72-74-76-78-80-87(90)94-84-86(85-96-98(92,93)95-83-82-89(3,4)5)97-88(91)81-79-77-75-73-71-69-67-65-63-61-59-57-55-53-51-48-39-37-35-33-31-29-27-25-23-21-19-17-15-13-11-9-7-2/h8-11,14-17,20-23,26-29,33,35,39,48,53,55,86H,6-7,12-13,18-19,24-25,30-32,34,36-38,40-47,49-52,54,56-85H2,1-5H3/b10-8-,11-9-,16-14-,17-15-,22-20-,23-21-,28-26-,29-27-,35-33-,48-39-,55-53-. The van der Waals surface area contributed by atoms with Gasteiger partial charge in [-0.25, -0.2) is 0 Å². The number of allylic oxidation sites excluding steroid dienone is 22. The SMILES string of the molecule is CC/C=C\C/C=C\C/C=C\C/C=C\C/C=C\C/C=C\C/C=C\CCCCCCCCCCCCCC(=O)OC(COC(=O)CCCCCCCCCCCCCCCCCCCCCCCCCCCCCC/C=C\C/C=C\C/C=C\C/C=C\CC)COP(=O)([O-])OCC[N+](C)(C)C. The molecular weight excluding hydrogens is 1230 g/mol. The van der Waals surface area contributed by atoms with Crippen LogP contribution in [0.5, 0.6) is 0 Å². The van der Waals surface area contributed by atoms with Gasteiger partial charge in [0.25, 0.3) is 7.82 Å². The third-order valence-corrected chi connectivity index (χ3v) is 18.6. The van der Waals surface area contributed by atoms with Gasteiger partial charge in [0.1, 0.15) is 19.8 Å². The van der Waals surface area contributed by atoms with E-state index in [0.717, 1.165) is 116 Å². The van der Waals surface area contributed by atoms with E-state index in [2.05, 4.69) is 148 Å². The Balaban J connectivity index is 3.94. The lowest BCUT2D eigenvalue weighted by atomic mass is 10.0. The first-order valence-corrected chi connectivity index (χ1v) is 42.4. The number of carbonyl (C=O) groups is 2. The molecule has 0 radical (unpaired) electrons. The Hall–Kier alpha value is -3.85. The van der Waals surface area contributed by atoms with Crippen LogP contribution in [0.2, 0.25) is 0 Å². The second-order valence-corrected chi connectivity index (χ2v) is 29.8. The molecule has 0 N–H and O–H groups in total. The maximum absolute atomic E-state index is 12.9. The summed E-state index contributed by atoms with van der Waals surface area (Å²) < 4.78 is 34.4. The van der Waals surface area contributed by atoms with Crippen molar-refractivity contribution in [3.8, 4) is 0 Å². The molecule has 10 heteroatoms. The zero-order valence-corrected chi connectivity index (χ0v) is 65.3. The second kappa shape index (κ2) is 77.3. The minimum absolute atomic E-state index is 0.0345. The fourth-order valence-corrected chi connectivity index (χ4v) is 12.2. The first-order chi connectivity index (χ1) is 48.0. The van der Waals surface area contributed by atoms with E-state index < -0.39 is 26.5 Å². The summed E-state index contributed by atoms with van der Waals surface area (Å²) in [5.41, 5.74) is 0. The van der Waals surface area contributed by atoms with Gasteiger partial charge in [-0.1, -0.05) is 372 Å². The molecule has 564 valence electrons. The van der Waals surface area contributed by atoms with Gasteiger partial charge >= 0.3 is 11.9 Å². The van der Waals surface area contributed by atoms with E-state index in [-0.39, 0.29) is 32.0 Å². The highest BCUT2D eigenvalue weighted by molar-refractivity contribution is 7.45. The Bertz CT molecular complexity index is 2120. The molecule has 2 atom stereocenters. The molecule has 0 rings (SSSR count). The second-order valence-electron chi connectivity index (χ2n) is 28.4. The first kappa shape index (κ1) is 94.2. The zero-order valence-electron chi connectivity index (χ0n) is 64.5. The van der Waals surface area contributed by atoms with Crippen LogP contribution in [0, 0.1) is 0 Å². The van der Waals surface area contributed by atoms with Gasteiger partial charge in [0.15, 0.2) is 6.10 Å². The highest BCUT2D eigenvalue weighted by Gasteiger charge is 2.22. The molecule has 0 aliphatic carbocycles. The maximum atomic E-state index is 12.9. The first-order valence-electron chi connectivity index (χ1n) is 40.9. The predicted molar refractivity (Wildman–Crippen MR) is 424 cm³/mol. The van der Waals surface area contributed by atoms with Gasteiger partial charge in [0, 0.05) is 12.8 Å². The average molecular weight is 1390 g/mol. The molecule has 98 heavy (non-hydrogen) atoms. The van der Waals surface area contributed by atoms with Gasteiger partial charge in [0.05, 0.1) is 27.7 Å². The Morgan fingerprint density at radius 1 is 0.316 bits per heavy atom. The van der Waals surface area contributed by atoms with Crippen LogP contribution in [-0.4, -0.2) is 70.0 Å². The molecule has 0 aromatic carbocycles. The number of hydrogen-bond acceptors (Lipinski definition) is 8. The number of likely N-dealkylation sites (N-methyl/N-ethyl adjacent to an activating group) is 1. The van der Waals surface area contributed by atoms with Crippen molar-refractivity contribution < 1.29 is 42.1 Å². The van der Waals surface area contributed by atoms with Gasteiger partial charge < -0.3 is 27.9 Å². The molecule has 0 saturated heterocycles. The Kier molecular flexibility index (Phi) is 74.3. The van der Waals surface area contributed by atoms with E-state index in [1.54, 1.807) is 0 Å². The number of nitrogens with zero attached hydrogens (tertiary/aromatic N) is 1. The van der Waals surface area contributed by atoms with Crippen molar-refractivity contribution in [3.05, 3.63) is 134 Å². The van der Waals surface area contributed by atoms with Crippen LogP contribution in [0.15, 0.2) is 134 Å². The van der Waals surface area contributed by atoms with E-state index in [4.69, 9.17) is 18.5 Å². The van der Waals surface area contributed by atoms with Gasteiger partial charge in [-0.15, -0.1) is 0 Å². The summed E-state index contributed by atoms with van der Waals surface area (Å²) in [6.07, 6.45) is 113. The highest BCUT2D eigenvalue weighted by Crippen LogP contribution is 2.38. The Morgan fingerprint density at radius 2 is 0.551 bits per heavy atom. The van der Waals surface area contributed by atoms with E-state index in [9.17, 15) is 19.0 Å². The summed E-state index contributed by atoms with van der Waals surface area (Å²) >= 11 is 0. The fraction of sp³-hybridized carbons (Fsp3) is 0.727. The lowest BCUT2D eigenvalue weighted by Gasteiger charge is -2.28. The lowest BCUT2D eigenvalue weighted by molar-refractivity contribution is -0.870. The van der Waals surface area contributed by atoms with E-state index in [1.165, 1.54) is 212 Å². The highest BCUT2D eigenvalue weighted by atomic mass is 31.2. The van der Waals surface area contributed by atoms with Gasteiger partial charge in [-0.3, -0.25) is 14.2 Å². The summed E-state index contributed by atoms with van der Waals surface area (Å²) in [6.45, 7) is 4.04. The van der Waals surface area contributed by atoms with Crippen molar-refractivity contribution in [2.75, 3.05) is 47.5 Å². The van der Waals surface area contributed by atoms with Crippen molar-refractivity contribution in [2.45, 2.75) is 367 Å². The number of phosphoric acid groups is 1. The predicted octanol–water partition coefficient (Wildman–Crippen LogP) is 26.9. The molecule has 0 spiro atoms. The Morgan fingerprint density at radius 3 is 0.816 bits per heavy atom. The third kappa shape index (κ3) is 81.1. The minimum Gasteiger partial charge on any atom is -0.756 e. The van der Waals surface area contributed by atoms with Crippen LogP contribution >= 0.6 is 7.82 Å². The molecular formula is C88H154NO8P. The van der Waals surface area contributed by atoms with Crippen molar-refractivity contribution in [3.63, 3.8) is 0 Å². The van der Waals surface area contributed by atoms with Crippen molar-refractivity contribution in [2.24, 2.45) is 0 Å². The minimum atomic E-state index is -4.65. The van der Waals surface area contributed by atoms with Crippen LogP contribution in [-0.2, 0) is 32.7 Å². The fourth-order valence-electron chi connectivity index (χ4n) is 11.5. The molecule has 2 unspecified atom stereocenters. The molecule has 0 aliphatic rings. The van der Waals surface area contributed by atoms with Crippen molar-refractivity contribution >= 4 is 19.8 Å². The van der Waals surface area contributed by atoms with Crippen LogP contribution in [0.3, 0.4) is 0 Å². The molecule has 0 aliphatic heterocycles. The largest absolute Gasteiger partial charge is 0.756 e. The van der Waals surface area contributed by atoms with Crippen LogP contribution in [0.25, 0.3) is 0 Å². The molecule has 9 nitrogen and oxygen atoms in total. The number of hydrogen-bond donors (Lipinski definition) is 0. The normalized spacial score (nSPS) is 13.7. The topological polar surface area (TPSA) is 111 Å². The van der Waals surface area contributed by atoms with E-state index in [1.807, 2.05) is 21.1 Å². The molecule has 0 aromatic rings. The van der Waals surface area contributed by atoms with Crippen molar-refractivity contribution in [1.82, 2.24) is 0 Å². The third-order valence-electron chi connectivity index (χ3n) is 17.7. The van der Waals surface area contributed by atoms with Crippen LogP contribution in [0.1, 0.15) is 361 Å². The number of esters is 2. The Labute approximate surface area is 606 Å². The van der Waals surface area contributed by atoms with E-state index in [0.29, 0.717) is 17.4 Å². The number of carbonyl (C=O) groups excluding carboxylic acids is 2. The van der Waals surface area contributed by atoms with Gasteiger partial charge in [0.2, 0.25) is 0 Å². The molecule has 0 fully saturated rings. The number of phosphoric ester groups is 1. The number of unbranched alkanes of at least 4 members (excludes halogenated alkanes) is 39. The summed E-state index contributed by atoms with van der Waals surface area (Å²) in [5, 5.41) is 0. The van der Waals surface area contributed by atoms with Crippen LogP contribution in [0.4, 0.5) is 0 Å². The maximum Gasteiger partial charge on any atom is 0.306 e. The molecule has 0 heterocycles. The smallest absolute Gasteiger partial charge is 0.306 e. The summed E-state index contributed by atoms with van der Waals surface area (Å²) in [6, 6.07) is 0.